The molecule has 3 nitrogen and oxygen atoms in total. The molecular weight excluding hydrogens is 285 g/mol. The lowest BCUT2D eigenvalue weighted by Crippen LogP contribution is -2.21. The van der Waals surface area contributed by atoms with Crippen LogP contribution in [0.4, 0.5) is 0 Å². The van der Waals surface area contributed by atoms with Crippen LogP contribution >= 0.6 is 17.1 Å². The normalized spacial score (nSPS) is 28.3. The average molecular weight is 311 g/mol. The molecule has 0 aromatic heterocycles. The molecule has 0 saturated heterocycles. The molecule has 0 aromatic rings. The minimum absolute atomic E-state index is 0.499. The molecule has 0 heterocycles. The van der Waals surface area contributed by atoms with Crippen LogP contribution in [-0.4, -0.2) is 42.3 Å². The second-order valence-electron chi connectivity index (χ2n) is 5.20. The third kappa shape index (κ3) is 6.36. The Kier molecular flexibility index (Phi) is 7.74. The van der Waals surface area contributed by atoms with Crippen molar-refractivity contribution in [3.8, 4) is 0 Å². The fraction of sp³-hybridized carbons (Fsp3) is 1.00. The monoisotopic (exact) mass is 311 g/mol. The van der Waals surface area contributed by atoms with Crippen LogP contribution < -0.4 is 0 Å². The Hall–Kier alpha value is 0.880. The van der Waals surface area contributed by atoms with Gasteiger partial charge >= 0.3 is 0 Å². The van der Waals surface area contributed by atoms with Crippen LogP contribution in [0.5, 0.6) is 0 Å². The number of hydrogen-bond donors (Lipinski definition) is 1. The molecule has 6 heteroatoms. The van der Waals surface area contributed by atoms with Gasteiger partial charge in [0.2, 0.25) is 5.69 Å². The van der Waals surface area contributed by atoms with E-state index in [4.69, 9.17) is 16.3 Å². The summed E-state index contributed by atoms with van der Waals surface area (Å²) >= 11 is 6.81. The van der Waals surface area contributed by atoms with Gasteiger partial charge < -0.3 is 14.3 Å². The van der Waals surface area contributed by atoms with E-state index in [1.165, 1.54) is 32.1 Å². The van der Waals surface area contributed by atoms with Gasteiger partial charge in [0.15, 0.2) is 0 Å². The van der Waals surface area contributed by atoms with Gasteiger partial charge in [-0.05, 0) is 44.7 Å². The van der Waals surface area contributed by atoms with Crippen molar-refractivity contribution in [3.05, 3.63) is 0 Å². The van der Waals surface area contributed by atoms with Crippen molar-refractivity contribution in [3.63, 3.8) is 0 Å². The zero-order valence-corrected chi connectivity index (χ0v) is 14.2. The molecule has 0 spiro atoms. The fourth-order valence-electron chi connectivity index (χ4n) is 2.32. The molecule has 1 rings (SSSR count). The van der Waals surface area contributed by atoms with Crippen LogP contribution in [0.3, 0.4) is 0 Å². The van der Waals surface area contributed by atoms with Gasteiger partial charge in [-0.25, -0.2) is 0 Å². The summed E-state index contributed by atoms with van der Waals surface area (Å²) in [6.07, 6.45) is 6.23. The van der Waals surface area contributed by atoms with E-state index in [0.717, 1.165) is 6.54 Å². The zero-order valence-electron chi connectivity index (χ0n) is 11.7. The highest BCUT2D eigenvalue weighted by molar-refractivity contribution is 8.67. The molecular formula is C12H26NO2PS2. The van der Waals surface area contributed by atoms with Gasteiger partial charge in [0, 0.05) is 11.8 Å². The Morgan fingerprint density at radius 3 is 2.67 bits per heavy atom. The zero-order chi connectivity index (χ0) is 13.6. The highest BCUT2D eigenvalue weighted by Gasteiger charge is 2.29. The van der Waals surface area contributed by atoms with Crippen molar-refractivity contribution in [2.24, 2.45) is 5.92 Å². The molecule has 1 fully saturated rings. The molecule has 0 aromatic carbocycles. The minimum atomic E-state index is -2.64. The van der Waals surface area contributed by atoms with Gasteiger partial charge in [-0.2, -0.15) is 0 Å². The van der Waals surface area contributed by atoms with Gasteiger partial charge in [-0.15, -0.1) is 0 Å². The smallest absolute Gasteiger partial charge is 0.245 e. The fourth-order valence-corrected chi connectivity index (χ4v) is 7.29. The van der Waals surface area contributed by atoms with Gasteiger partial charge in [0.1, 0.15) is 0 Å². The van der Waals surface area contributed by atoms with E-state index >= 15 is 0 Å². The second-order valence-corrected chi connectivity index (χ2v) is 11.5. The van der Waals surface area contributed by atoms with Crippen molar-refractivity contribution in [1.29, 1.82) is 0 Å². The number of hydrogen-bond acceptors (Lipinski definition) is 4. The molecule has 0 aliphatic heterocycles. The van der Waals surface area contributed by atoms with Gasteiger partial charge in [0.05, 0.1) is 6.61 Å². The third-order valence-corrected chi connectivity index (χ3v) is 8.11. The van der Waals surface area contributed by atoms with Crippen LogP contribution in [0, 0.1) is 5.92 Å². The molecule has 3 atom stereocenters. The van der Waals surface area contributed by atoms with E-state index in [1.807, 2.05) is 19.0 Å². The topological polar surface area (TPSA) is 32.7 Å². The van der Waals surface area contributed by atoms with Crippen LogP contribution in [0.2, 0.25) is 0 Å². The maximum Gasteiger partial charge on any atom is 0.245 e. The lowest BCUT2D eigenvalue weighted by atomic mass is 9.87. The summed E-state index contributed by atoms with van der Waals surface area (Å²) in [5, 5.41) is 0.499. The predicted octanol–water partition coefficient (Wildman–Crippen LogP) is 3.48. The molecule has 0 amide bonds. The Labute approximate surface area is 121 Å². The molecule has 1 aliphatic rings. The van der Waals surface area contributed by atoms with E-state index in [-0.39, 0.29) is 0 Å². The maximum absolute atomic E-state index is 10.2. The summed E-state index contributed by atoms with van der Waals surface area (Å²) < 4.78 is 5.54. The van der Waals surface area contributed by atoms with Gasteiger partial charge in [0.25, 0.3) is 0 Å². The quantitative estimate of drug-likeness (QED) is 0.728. The Morgan fingerprint density at radius 2 is 2.06 bits per heavy atom. The minimum Gasteiger partial charge on any atom is -0.337 e. The third-order valence-electron chi connectivity index (χ3n) is 3.43. The van der Waals surface area contributed by atoms with E-state index in [1.54, 1.807) is 11.4 Å². The first-order chi connectivity index (χ1) is 8.44. The van der Waals surface area contributed by atoms with E-state index < -0.39 is 5.69 Å². The lowest BCUT2D eigenvalue weighted by molar-refractivity contribution is 0.265. The molecule has 1 N–H and O–H groups in total. The highest BCUT2D eigenvalue weighted by atomic mass is 32.9. The summed E-state index contributed by atoms with van der Waals surface area (Å²) in [6.45, 7) is 3.57. The summed E-state index contributed by atoms with van der Waals surface area (Å²) in [5.41, 5.74) is -2.64. The summed E-state index contributed by atoms with van der Waals surface area (Å²) in [6, 6.07) is 0. The standard InChI is InChI=1S/C12H26NO2PS2/c1-4-11-7-5-6-8-12(11)18-16(14,17)15-10-9-13(2)3/h11-12H,4-10H2,1-3H3,(H,14,17). The van der Waals surface area contributed by atoms with Crippen molar-refractivity contribution < 1.29 is 9.42 Å². The SMILES string of the molecule is CCC1CCCCC1SP(O)(=S)OCCN(C)C. The predicted molar refractivity (Wildman–Crippen MR) is 84.6 cm³/mol. The van der Waals surface area contributed by atoms with Crippen molar-refractivity contribution >= 4 is 28.9 Å². The Morgan fingerprint density at radius 1 is 1.39 bits per heavy atom. The van der Waals surface area contributed by atoms with Crippen LogP contribution in [0.15, 0.2) is 0 Å². The summed E-state index contributed by atoms with van der Waals surface area (Å²) in [7, 11) is 3.98. The second kappa shape index (κ2) is 8.23. The molecule has 0 radical (unpaired) electrons. The first-order valence-electron chi connectivity index (χ1n) is 6.75. The lowest BCUT2D eigenvalue weighted by Gasteiger charge is -2.32. The van der Waals surface area contributed by atoms with Gasteiger partial charge in [-0.1, -0.05) is 37.6 Å². The van der Waals surface area contributed by atoms with Crippen LogP contribution in [0.1, 0.15) is 39.0 Å². The number of nitrogens with zero attached hydrogens (tertiary/aromatic N) is 1. The van der Waals surface area contributed by atoms with E-state index in [0.29, 0.717) is 17.8 Å². The molecule has 1 aliphatic carbocycles. The van der Waals surface area contributed by atoms with E-state index in [2.05, 4.69) is 6.92 Å². The van der Waals surface area contributed by atoms with Crippen LogP contribution in [-0.2, 0) is 16.3 Å². The molecule has 108 valence electrons. The number of rotatable bonds is 7. The largest absolute Gasteiger partial charge is 0.337 e. The first kappa shape index (κ1) is 16.9. The van der Waals surface area contributed by atoms with Crippen molar-refractivity contribution in [2.45, 2.75) is 44.3 Å². The summed E-state index contributed by atoms with van der Waals surface area (Å²) in [5.74, 6) is 0.704. The Balaban J connectivity index is 2.40. The molecule has 1 saturated carbocycles. The highest BCUT2D eigenvalue weighted by Crippen LogP contribution is 2.61. The molecule has 18 heavy (non-hydrogen) atoms. The van der Waals surface area contributed by atoms with Crippen LogP contribution in [0.25, 0.3) is 0 Å². The summed E-state index contributed by atoms with van der Waals surface area (Å²) in [4.78, 5) is 12.3. The Bertz CT molecular complexity index is 289. The molecule has 0 bridgehead atoms. The molecule has 3 unspecified atom stereocenters. The maximum atomic E-state index is 10.2. The van der Waals surface area contributed by atoms with Gasteiger partial charge in [-0.3, -0.25) is 0 Å². The first-order valence-corrected chi connectivity index (χ1v) is 10.9. The average Bonchev–Trinajstić information content (AvgIpc) is 2.28. The van der Waals surface area contributed by atoms with E-state index in [9.17, 15) is 4.89 Å². The van der Waals surface area contributed by atoms with Crippen molar-refractivity contribution in [1.82, 2.24) is 4.90 Å². The van der Waals surface area contributed by atoms with Crippen molar-refractivity contribution in [2.75, 3.05) is 27.2 Å². The number of likely N-dealkylation sites (N-methyl/N-ethyl adjacent to an activating group) is 1.